The highest BCUT2D eigenvalue weighted by Gasteiger charge is 2.39. The van der Waals surface area contributed by atoms with Crippen molar-refractivity contribution in [2.45, 2.75) is 25.4 Å². The molecule has 0 radical (unpaired) electrons. The van der Waals surface area contributed by atoms with E-state index in [2.05, 4.69) is 19.6 Å². The van der Waals surface area contributed by atoms with Crippen LogP contribution in [0.15, 0.2) is 23.4 Å². The number of ether oxygens (including phenoxy) is 2. The van der Waals surface area contributed by atoms with Gasteiger partial charge in [-0.2, -0.15) is 0 Å². The van der Waals surface area contributed by atoms with Gasteiger partial charge < -0.3 is 9.47 Å². The number of carbonyl (C=O) groups excluding carboxylic acids is 1. The minimum Gasteiger partial charge on any atom is -0.344 e. The molecule has 0 fully saturated rings. The summed E-state index contributed by atoms with van der Waals surface area (Å²) in [6, 6.07) is 0. The van der Waals surface area contributed by atoms with Gasteiger partial charge in [0, 0.05) is 14.2 Å². The third-order valence-electron chi connectivity index (χ3n) is 2.58. The van der Waals surface area contributed by atoms with Gasteiger partial charge in [-0.05, 0) is 12.2 Å². The number of carbonyl (C=O) groups is 1. The summed E-state index contributed by atoms with van der Waals surface area (Å²) in [5.74, 6) is -1.36. The van der Waals surface area contributed by atoms with Crippen LogP contribution in [-0.4, -0.2) is 33.9 Å². The zero-order valence-electron chi connectivity index (χ0n) is 9.96. The molecule has 4 heteroatoms. The van der Waals surface area contributed by atoms with Gasteiger partial charge in [-0.3, -0.25) is 4.79 Å². The Bertz CT molecular complexity index is 319. The fourth-order valence-electron chi connectivity index (χ4n) is 1.47. The van der Waals surface area contributed by atoms with Crippen LogP contribution in [0.1, 0.15) is 0 Å². The van der Waals surface area contributed by atoms with Gasteiger partial charge in [0.05, 0.1) is 8.07 Å². The minimum absolute atomic E-state index is 0.158. The largest absolute Gasteiger partial charge is 0.344 e. The van der Waals surface area contributed by atoms with Gasteiger partial charge in [-0.25, -0.2) is 0 Å². The molecule has 1 aliphatic rings. The van der Waals surface area contributed by atoms with E-state index in [1.54, 1.807) is 6.08 Å². The van der Waals surface area contributed by atoms with Crippen LogP contribution >= 0.6 is 0 Å². The van der Waals surface area contributed by atoms with Crippen molar-refractivity contribution in [3.63, 3.8) is 0 Å². The molecule has 0 saturated heterocycles. The van der Waals surface area contributed by atoms with Gasteiger partial charge in [0.2, 0.25) is 5.78 Å². The molecular formula is C11H18O3Si. The second kappa shape index (κ2) is 4.04. The molecule has 0 heterocycles. The third kappa shape index (κ3) is 2.27. The lowest BCUT2D eigenvalue weighted by atomic mass is 10.1. The average Bonchev–Trinajstić information content (AvgIpc) is 2.17. The van der Waals surface area contributed by atoms with E-state index in [0.29, 0.717) is 0 Å². The van der Waals surface area contributed by atoms with Crippen molar-refractivity contribution >= 4 is 13.9 Å². The SMILES string of the molecule is COC1(OC)C=C([Si](C)(C)C)C=CC1=O. The van der Waals surface area contributed by atoms with Crippen LogP contribution in [0.25, 0.3) is 0 Å². The molecule has 0 bridgehead atoms. The van der Waals surface area contributed by atoms with Gasteiger partial charge in [-0.1, -0.05) is 30.9 Å². The molecule has 15 heavy (non-hydrogen) atoms. The summed E-state index contributed by atoms with van der Waals surface area (Å²) < 4.78 is 10.4. The highest BCUT2D eigenvalue weighted by atomic mass is 28.3. The first-order valence-electron chi connectivity index (χ1n) is 4.92. The number of rotatable bonds is 3. The Labute approximate surface area is 91.8 Å². The Hall–Kier alpha value is -0.713. The average molecular weight is 226 g/mol. The van der Waals surface area contributed by atoms with Crippen molar-refractivity contribution in [3.8, 4) is 0 Å². The van der Waals surface area contributed by atoms with Gasteiger partial charge in [0.25, 0.3) is 5.79 Å². The highest BCUT2D eigenvalue weighted by Crippen LogP contribution is 2.27. The van der Waals surface area contributed by atoms with E-state index in [9.17, 15) is 4.79 Å². The topological polar surface area (TPSA) is 35.5 Å². The fourth-order valence-corrected chi connectivity index (χ4v) is 2.68. The second-order valence-corrected chi connectivity index (χ2v) is 9.70. The minimum atomic E-state index is -1.45. The Morgan fingerprint density at radius 2 is 1.67 bits per heavy atom. The summed E-state index contributed by atoms with van der Waals surface area (Å²) in [6.07, 6.45) is 5.23. The molecule has 0 aliphatic heterocycles. The molecule has 84 valence electrons. The third-order valence-corrected chi connectivity index (χ3v) is 4.62. The zero-order chi connectivity index (χ0) is 11.7. The normalized spacial score (nSPS) is 20.3. The van der Waals surface area contributed by atoms with Crippen LogP contribution in [0.5, 0.6) is 0 Å². The molecule has 0 spiro atoms. The second-order valence-electron chi connectivity index (χ2n) is 4.62. The van der Waals surface area contributed by atoms with Crippen LogP contribution in [0.4, 0.5) is 0 Å². The molecule has 0 aromatic rings. The van der Waals surface area contributed by atoms with E-state index >= 15 is 0 Å². The molecule has 0 saturated carbocycles. The molecule has 0 N–H and O–H groups in total. The number of ketones is 1. The predicted molar refractivity (Wildman–Crippen MR) is 62.3 cm³/mol. The van der Waals surface area contributed by atoms with Crippen LogP contribution in [0, 0.1) is 0 Å². The molecule has 3 nitrogen and oxygen atoms in total. The smallest absolute Gasteiger partial charge is 0.253 e. The van der Waals surface area contributed by atoms with Crippen LogP contribution in [0.3, 0.4) is 0 Å². The van der Waals surface area contributed by atoms with E-state index in [1.807, 2.05) is 12.2 Å². The van der Waals surface area contributed by atoms with Crippen LogP contribution in [-0.2, 0) is 14.3 Å². The summed E-state index contributed by atoms with van der Waals surface area (Å²) >= 11 is 0. The zero-order valence-corrected chi connectivity index (χ0v) is 11.0. The molecule has 0 aromatic carbocycles. The Kier molecular flexibility index (Phi) is 3.33. The van der Waals surface area contributed by atoms with E-state index in [4.69, 9.17) is 9.47 Å². The van der Waals surface area contributed by atoms with E-state index in [-0.39, 0.29) is 5.78 Å². The molecule has 1 rings (SSSR count). The quantitative estimate of drug-likeness (QED) is 0.545. The maximum absolute atomic E-state index is 11.7. The summed E-state index contributed by atoms with van der Waals surface area (Å²) in [4.78, 5) is 11.7. The summed E-state index contributed by atoms with van der Waals surface area (Å²) in [5.41, 5.74) is 0. The van der Waals surface area contributed by atoms with Crippen LogP contribution < -0.4 is 0 Å². The lowest BCUT2D eigenvalue weighted by molar-refractivity contribution is -0.181. The lowest BCUT2D eigenvalue weighted by Gasteiger charge is -2.31. The highest BCUT2D eigenvalue weighted by molar-refractivity contribution is 6.83. The van der Waals surface area contributed by atoms with E-state index < -0.39 is 13.9 Å². The number of hydrogen-bond donors (Lipinski definition) is 0. The molecule has 0 unspecified atom stereocenters. The predicted octanol–water partition coefficient (Wildman–Crippen LogP) is 1.92. The first kappa shape index (κ1) is 12.4. The van der Waals surface area contributed by atoms with E-state index in [0.717, 1.165) is 0 Å². The molecule has 0 amide bonds. The molecule has 0 aromatic heterocycles. The summed E-state index contributed by atoms with van der Waals surface area (Å²) in [5, 5.41) is 1.17. The molecule has 1 aliphatic carbocycles. The summed E-state index contributed by atoms with van der Waals surface area (Å²) in [6.45, 7) is 6.65. The fraction of sp³-hybridized carbons (Fsp3) is 0.545. The summed E-state index contributed by atoms with van der Waals surface area (Å²) in [7, 11) is 1.52. The van der Waals surface area contributed by atoms with E-state index in [1.165, 1.54) is 19.4 Å². The van der Waals surface area contributed by atoms with Crippen molar-refractivity contribution in [1.29, 1.82) is 0 Å². The van der Waals surface area contributed by atoms with Crippen molar-refractivity contribution in [2.24, 2.45) is 0 Å². The van der Waals surface area contributed by atoms with Gasteiger partial charge >= 0.3 is 0 Å². The van der Waals surface area contributed by atoms with Crippen molar-refractivity contribution in [2.75, 3.05) is 14.2 Å². The molecule has 0 atom stereocenters. The number of hydrogen-bond acceptors (Lipinski definition) is 3. The number of methoxy groups -OCH3 is 2. The molecular weight excluding hydrogens is 208 g/mol. The monoisotopic (exact) mass is 226 g/mol. The first-order valence-corrected chi connectivity index (χ1v) is 8.42. The van der Waals surface area contributed by atoms with Crippen LogP contribution in [0.2, 0.25) is 19.6 Å². The Morgan fingerprint density at radius 3 is 2.07 bits per heavy atom. The number of allylic oxidation sites excluding steroid dienone is 2. The van der Waals surface area contributed by atoms with Gasteiger partial charge in [-0.15, -0.1) is 0 Å². The van der Waals surface area contributed by atoms with Crippen molar-refractivity contribution in [3.05, 3.63) is 23.4 Å². The first-order chi connectivity index (χ1) is 6.85. The lowest BCUT2D eigenvalue weighted by Crippen LogP contribution is -2.43. The maximum atomic E-state index is 11.7. The standard InChI is InChI=1S/C11H18O3Si/c1-13-11(14-2)8-9(15(3,4)5)6-7-10(11)12/h6-8H,1-5H3. The van der Waals surface area contributed by atoms with Crippen molar-refractivity contribution < 1.29 is 14.3 Å². The van der Waals surface area contributed by atoms with Crippen molar-refractivity contribution in [1.82, 2.24) is 0 Å². The van der Waals surface area contributed by atoms with Gasteiger partial charge in [0.15, 0.2) is 0 Å². The Morgan fingerprint density at radius 1 is 1.13 bits per heavy atom. The van der Waals surface area contributed by atoms with Gasteiger partial charge in [0.1, 0.15) is 0 Å². The Balaban J connectivity index is 3.15. The maximum Gasteiger partial charge on any atom is 0.253 e.